The first-order valence-electron chi connectivity index (χ1n) is 5.90. The van der Waals surface area contributed by atoms with E-state index in [4.69, 9.17) is 0 Å². The van der Waals surface area contributed by atoms with Crippen molar-refractivity contribution in [1.29, 1.82) is 0 Å². The number of rotatable bonds is 3. The van der Waals surface area contributed by atoms with Crippen LogP contribution >= 0.6 is 11.8 Å². The summed E-state index contributed by atoms with van der Waals surface area (Å²) in [5, 5.41) is 13.1. The molecule has 20 heavy (non-hydrogen) atoms. The van der Waals surface area contributed by atoms with E-state index in [0.717, 1.165) is 5.56 Å². The summed E-state index contributed by atoms with van der Waals surface area (Å²) in [6, 6.07) is 15.1. The van der Waals surface area contributed by atoms with E-state index in [0.29, 0.717) is 16.4 Å². The Morgan fingerprint density at radius 3 is 2.25 bits per heavy atom. The minimum absolute atomic E-state index is 0.311. The molecule has 0 unspecified atom stereocenters. The number of benzene rings is 2. The Balaban J connectivity index is 2.38. The van der Waals surface area contributed by atoms with Crippen LogP contribution in [0.5, 0.6) is 0 Å². The van der Waals surface area contributed by atoms with Crippen LogP contribution in [0, 0.1) is 5.82 Å². The van der Waals surface area contributed by atoms with Crippen molar-refractivity contribution in [1.82, 2.24) is 0 Å². The largest absolute Gasteiger partial charge is 0.410 e. The second kappa shape index (κ2) is 6.86. The molecule has 2 aromatic carbocycles. The Hall–Kier alpha value is -2.14. The molecule has 5 heteroatoms. The van der Waals surface area contributed by atoms with E-state index in [9.17, 15) is 9.60 Å². The molecule has 0 aliphatic heterocycles. The Labute approximate surface area is 120 Å². The molecule has 0 heterocycles. The highest BCUT2D eigenvalue weighted by atomic mass is 32.2. The molecule has 0 radical (unpaired) electrons. The first-order chi connectivity index (χ1) is 9.74. The fourth-order valence-electron chi connectivity index (χ4n) is 1.65. The molecule has 0 aromatic heterocycles. The van der Waals surface area contributed by atoms with Gasteiger partial charge >= 0.3 is 0 Å². The molecule has 0 aliphatic carbocycles. The number of hydrogen-bond acceptors (Lipinski definition) is 4. The van der Waals surface area contributed by atoms with Gasteiger partial charge in [0.2, 0.25) is 0 Å². The standard InChI is InChI=1S/C15H13FN2OS/c1-20-15(17-13-9-7-12(16)8-10-13)14(18-19)11-5-3-2-4-6-11/h2-10,19H,1H3/b17-15?,18-14+. The van der Waals surface area contributed by atoms with Crippen molar-refractivity contribution in [3.8, 4) is 0 Å². The van der Waals surface area contributed by atoms with Crippen molar-refractivity contribution in [2.24, 2.45) is 10.1 Å². The van der Waals surface area contributed by atoms with Gasteiger partial charge in [-0.1, -0.05) is 35.5 Å². The molecule has 2 rings (SSSR count). The number of oxime groups is 1. The van der Waals surface area contributed by atoms with Gasteiger partial charge in [0.1, 0.15) is 16.6 Å². The Morgan fingerprint density at radius 1 is 1.05 bits per heavy atom. The van der Waals surface area contributed by atoms with Crippen LogP contribution in [0.2, 0.25) is 0 Å². The van der Waals surface area contributed by atoms with Crippen LogP contribution in [0.15, 0.2) is 64.7 Å². The number of halogens is 1. The van der Waals surface area contributed by atoms with Gasteiger partial charge in [0, 0.05) is 5.56 Å². The third-order valence-electron chi connectivity index (χ3n) is 2.60. The number of aliphatic imine (C=N–C) groups is 1. The maximum Gasteiger partial charge on any atom is 0.142 e. The summed E-state index contributed by atoms with van der Waals surface area (Å²) in [6.45, 7) is 0. The summed E-state index contributed by atoms with van der Waals surface area (Å²) in [5.74, 6) is -0.311. The van der Waals surface area contributed by atoms with Gasteiger partial charge in [-0.15, -0.1) is 11.8 Å². The smallest absolute Gasteiger partial charge is 0.142 e. The molecule has 0 amide bonds. The molecule has 0 fully saturated rings. The molecule has 0 spiro atoms. The third-order valence-corrected chi connectivity index (χ3v) is 3.27. The van der Waals surface area contributed by atoms with Crippen molar-refractivity contribution in [3.05, 3.63) is 66.0 Å². The van der Waals surface area contributed by atoms with E-state index >= 15 is 0 Å². The molecule has 2 aromatic rings. The van der Waals surface area contributed by atoms with E-state index in [1.165, 1.54) is 23.9 Å². The number of hydrogen-bond donors (Lipinski definition) is 1. The average Bonchev–Trinajstić information content (AvgIpc) is 2.50. The van der Waals surface area contributed by atoms with Gasteiger partial charge in [0.25, 0.3) is 0 Å². The van der Waals surface area contributed by atoms with Crippen LogP contribution in [-0.4, -0.2) is 22.2 Å². The summed E-state index contributed by atoms with van der Waals surface area (Å²) in [7, 11) is 0. The molecule has 0 saturated carbocycles. The fraction of sp³-hybridized carbons (Fsp3) is 0.0667. The first kappa shape index (κ1) is 14.3. The van der Waals surface area contributed by atoms with E-state index in [1.807, 2.05) is 36.6 Å². The van der Waals surface area contributed by atoms with Crippen LogP contribution < -0.4 is 0 Å². The maximum atomic E-state index is 12.9. The van der Waals surface area contributed by atoms with Crippen molar-refractivity contribution in [2.45, 2.75) is 0 Å². The van der Waals surface area contributed by atoms with Gasteiger partial charge in [-0.2, -0.15) is 0 Å². The highest BCUT2D eigenvalue weighted by Gasteiger charge is 2.11. The van der Waals surface area contributed by atoms with Crippen LogP contribution in [0.1, 0.15) is 5.56 Å². The van der Waals surface area contributed by atoms with Gasteiger partial charge in [0.05, 0.1) is 5.69 Å². The Bertz CT molecular complexity index is 624. The van der Waals surface area contributed by atoms with E-state index in [1.54, 1.807) is 12.1 Å². The lowest BCUT2D eigenvalue weighted by atomic mass is 10.1. The van der Waals surface area contributed by atoms with Gasteiger partial charge in [-0.25, -0.2) is 9.38 Å². The topological polar surface area (TPSA) is 45.0 Å². The molecule has 0 atom stereocenters. The third kappa shape index (κ3) is 3.45. The van der Waals surface area contributed by atoms with Gasteiger partial charge in [-0.05, 0) is 30.5 Å². The maximum absolute atomic E-state index is 12.9. The molecule has 0 bridgehead atoms. The summed E-state index contributed by atoms with van der Waals surface area (Å²) < 4.78 is 12.9. The van der Waals surface area contributed by atoms with Crippen molar-refractivity contribution < 1.29 is 9.60 Å². The van der Waals surface area contributed by atoms with Gasteiger partial charge in [0.15, 0.2) is 0 Å². The molecule has 0 aliphatic rings. The highest BCUT2D eigenvalue weighted by molar-refractivity contribution is 8.15. The molecule has 3 nitrogen and oxygen atoms in total. The zero-order chi connectivity index (χ0) is 14.4. The fourth-order valence-corrected chi connectivity index (χ4v) is 2.20. The lowest BCUT2D eigenvalue weighted by Gasteiger charge is -2.06. The summed E-state index contributed by atoms with van der Waals surface area (Å²) >= 11 is 1.36. The monoisotopic (exact) mass is 288 g/mol. The van der Waals surface area contributed by atoms with Crippen molar-refractivity contribution in [2.75, 3.05) is 6.26 Å². The lowest BCUT2D eigenvalue weighted by Crippen LogP contribution is -2.11. The van der Waals surface area contributed by atoms with Gasteiger partial charge < -0.3 is 5.21 Å². The molecular weight excluding hydrogens is 275 g/mol. The zero-order valence-corrected chi connectivity index (χ0v) is 11.6. The Morgan fingerprint density at radius 2 is 1.70 bits per heavy atom. The van der Waals surface area contributed by atoms with Crippen LogP contribution in [0.25, 0.3) is 0 Å². The van der Waals surface area contributed by atoms with E-state index in [2.05, 4.69) is 10.1 Å². The van der Waals surface area contributed by atoms with Crippen LogP contribution in [-0.2, 0) is 0 Å². The quantitative estimate of drug-likeness (QED) is 0.400. The minimum atomic E-state index is -0.311. The number of thioether (sulfide) groups is 1. The molecule has 102 valence electrons. The molecule has 1 N–H and O–H groups in total. The van der Waals surface area contributed by atoms with Crippen LogP contribution in [0.3, 0.4) is 0 Å². The highest BCUT2D eigenvalue weighted by Crippen LogP contribution is 2.18. The normalized spacial score (nSPS) is 12.5. The number of nitrogens with zero attached hydrogens (tertiary/aromatic N) is 2. The summed E-state index contributed by atoms with van der Waals surface area (Å²) in [5.41, 5.74) is 1.76. The van der Waals surface area contributed by atoms with E-state index in [-0.39, 0.29) is 5.82 Å². The minimum Gasteiger partial charge on any atom is -0.410 e. The molecular formula is C15H13FN2OS. The predicted octanol–water partition coefficient (Wildman–Crippen LogP) is 4.10. The lowest BCUT2D eigenvalue weighted by molar-refractivity contribution is 0.320. The average molecular weight is 288 g/mol. The summed E-state index contributed by atoms with van der Waals surface area (Å²) in [4.78, 5) is 4.39. The second-order valence-corrected chi connectivity index (χ2v) is 4.71. The zero-order valence-electron chi connectivity index (χ0n) is 10.8. The first-order valence-corrected chi connectivity index (χ1v) is 7.13. The molecule has 0 saturated heterocycles. The summed E-state index contributed by atoms with van der Waals surface area (Å²) in [6.07, 6.45) is 1.84. The van der Waals surface area contributed by atoms with E-state index < -0.39 is 0 Å². The second-order valence-electron chi connectivity index (χ2n) is 3.91. The SMILES string of the molecule is CSC(=Nc1ccc(F)cc1)/C(=N/O)c1ccccc1. The van der Waals surface area contributed by atoms with Crippen molar-refractivity contribution >= 4 is 28.2 Å². The van der Waals surface area contributed by atoms with Gasteiger partial charge in [-0.3, -0.25) is 0 Å². The van der Waals surface area contributed by atoms with Crippen molar-refractivity contribution in [3.63, 3.8) is 0 Å². The predicted molar refractivity (Wildman–Crippen MR) is 81.8 cm³/mol. The van der Waals surface area contributed by atoms with Crippen LogP contribution in [0.4, 0.5) is 10.1 Å². The Kier molecular flexibility index (Phi) is 4.90.